The van der Waals surface area contributed by atoms with Crippen LogP contribution >= 0.6 is 0 Å². The highest BCUT2D eigenvalue weighted by atomic mass is 16.5. The highest BCUT2D eigenvalue weighted by Gasteiger charge is 2.23. The standard InChI is InChI=1S/C18H27N3O3/c22-15-17-3-1-2-16(12-17)13-19-4-6-21(7-5-19)18(23)14-20-8-10-24-11-9-20/h1-3,12,22H,4-11,13-15H2. The molecule has 0 spiro atoms. The minimum absolute atomic E-state index is 0.0810. The van der Waals surface area contributed by atoms with Crippen LogP contribution in [0.25, 0.3) is 0 Å². The molecular formula is C18H27N3O3. The third-order valence-electron chi connectivity index (χ3n) is 4.77. The van der Waals surface area contributed by atoms with Crippen molar-refractivity contribution in [1.82, 2.24) is 14.7 Å². The number of benzene rings is 1. The van der Waals surface area contributed by atoms with Crippen molar-refractivity contribution < 1.29 is 14.6 Å². The molecule has 0 bridgehead atoms. The van der Waals surface area contributed by atoms with Gasteiger partial charge in [-0.3, -0.25) is 14.6 Å². The fourth-order valence-electron chi connectivity index (χ4n) is 3.29. The normalized spacial score (nSPS) is 20.3. The summed E-state index contributed by atoms with van der Waals surface area (Å²) in [6, 6.07) is 8.07. The smallest absolute Gasteiger partial charge is 0.236 e. The Morgan fingerprint density at radius 3 is 2.42 bits per heavy atom. The lowest BCUT2D eigenvalue weighted by atomic mass is 10.1. The number of nitrogens with zero attached hydrogens (tertiary/aromatic N) is 3. The van der Waals surface area contributed by atoms with Gasteiger partial charge in [0.15, 0.2) is 0 Å². The lowest BCUT2D eigenvalue weighted by Crippen LogP contribution is -2.51. The second-order valence-electron chi connectivity index (χ2n) is 6.52. The Labute approximate surface area is 143 Å². The van der Waals surface area contributed by atoms with Crippen molar-refractivity contribution in [3.8, 4) is 0 Å². The van der Waals surface area contributed by atoms with Crippen LogP contribution in [0.5, 0.6) is 0 Å². The van der Waals surface area contributed by atoms with Gasteiger partial charge >= 0.3 is 0 Å². The van der Waals surface area contributed by atoms with Crippen LogP contribution in [0.15, 0.2) is 24.3 Å². The van der Waals surface area contributed by atoms with Gasteiger partial charge in [0.25, 0.3) is 0 Å². The number of aliphatic hydroxyl groups is 1. The zero-order chi connectivity index (χ0) is 16.8. The first-order valence-electron chi connectivity index (χ1n) is 8.73. The zero-order valence-corrected chi connectivity index (χ0v) is 14.2. The van der Waals surface area contributed by atoms with Crippen LogP contribution in [0, 0.1) is 0 Å². The van der Waals surface area contributed by atoms with Crippen molar-refractivity contribution in [2.24, 2.45) is 0 Å². The molecule has 1 amide bonds. The molecule has 2 fully saturated rings. The van der Waals surface area contributed by atoms with Gasteiger partial charge in [-0.15, -0.1) is 0 Å². The summed E-state index contributed by atoms with van der Waals surface area (Å²) in [5.41, 5.74) is 2.17. The average molecular weight is 333 g/mol. The molecule has 24 heavy (non-hydrogen) atoms. The molecule has 1 aromatic carbocycles. The second kappa shape index (κ2) is 8.58. The Morgan fingerprint density at radius 1 is 1.00 bits per heavy atom. The maximum atomic E-state index is 12.4. The maximum absolute atomic E-state index is 12.4. The van der Waals surface area contributed by atoms with E-state index in [1.165, 1.54) is 5.56 Å². The largest absolute Gasteiger partial charge is 0.392 e. The molecule has 1 N–H and O–H groups in total. The predicted molar refractivity (Wildman–Crippen MR) is 91.5 cm³/mol. The summed E-state index contributed by atoms with van der Waals surface area (Å²) in [4.78, 5) is 18.9. The van der Waals surface area contributed by atoms with Crippen LogP contribution in [0.1, 0.15) is 11.1 Å². The van der Waals surface area contributed by atoms with Gasteiger partial charge in [0.05, 0.1) is 26.4 Å². The average Bonchev–Trinajstić information content (AvgIpc) is 2.63. The lowest BCUT2D eigenvalue weighted by molar-refractivity contribution is -0.135. The molecule has 3 rings (SSSR count). The Balaban J connectivity index is 1.44. The quantitative estimate of drug-likeness (QED) is 0.832. The summed E-state index contributed by atoms with van der Waals surface area (Å²) in [6.45, 7) is 8.03. The first-order valence-corrected chi connectivity index (χ1v) is 8.73. The number of aliphatic hydroxyl groups excluding tert-OH is 1. The molecule has 0 saturated carbocycles. The first kappa shape index (κ1) is 17.4. The maximum Gasteiger partial charge on any atom is 0.236 e. The van der Waals surface area contributed by atoms with E-state index in [1.54, 1.807) is 0 Å². The van der Waals surface area contributed by atoms with E-state index in [2.05, 4.69) is 21.9 Å². The van der Waals surface area contributed by atoms with Crippen molar-refractivity contribution in [3.05, 3.63) is 35.4 Å². The summed E-state index contributed by atoms with van der Waals surface area (Å²) >= 11 is 0. The number of ether oxygens (including phenoxy) is 1. The Hall–Kier alpha value is -1.47. The van der Waals surface area contributed by atoms with Gasteiger partial charge in [0.1, 0.15) is 0 Å². The van der Waals surface area contributed by atoms with Crippen molar-refractivity contribution in [3.63, 3.8) is 0 Å². The fraction of sp³-hybridized carbons (Fsp3) is 0.611. The molecular weight excluding hydrogens is 306 g/mol. The summed E-state index contributed by atoms with van der Waals surface area (Å²) < 4.78 is 5.32. The van der Waals surface area contributed by atoms with Gasteiger partial charge in [0, 0.05) is 45.8 Å². The topological polar surface area (TPSA) is 56.2 Å². The molecule has 2 saturated heterocycles. The zero-order valence-electron chi connectivity index (χ0n) is 14.2. The summed E-state index contributed by atoms with van der Waals surface area (Å²) in [5.74, 6) is 0.235. The molecule has 2 aliphatic heterocycles. The van der Waals surface area contributed by atoms with Crippen molar-refractivity contribution in [2.45, 2.75) is 13.2 Å². The minimum Gasteiger partial charge on any atom is -0.392 e. The van der Waals surface area contributed by atoms with Crippen LogP contribution in [-0.4, -0.2) is 84.7 Å². The highest BCUT2D eigenvalue weighted by Crippen LogP contribution is 2.11. The Morgan fingerprint density at radius 2 is 1.71 bits per heavy atom. The number of hydrogen-bond donors (Lipinski definition) is 1. The van der Waals surface area contributed by atoms with E-state index in [4.69, 9.17) is 4.74 Å². The van der Waals surface area contributed by atoms with E-state index in [-0.39, 0.29) is 12.5 Å². The number of amides is 1. The van der Waals surface area contributed by atoms with Crippen LogP contribution in [-0.2, 0) is 22.7 Å². The molecule has 0 aromatic heterocycles. The number of carbonyl (C=O) groups excluding carboxylic acids is 1. The first-order chi connectivity index (χ1) is 11.7. The molecule has 132 valence electrons. The third-order valence-corrected chi connectivity index (χ3v) is 4.77. The fourth-order valence-corrected chi connectivity index (χ4v) is 3.29. The van der Waals surface area contributed by atoms with Gasteiger partial charge in [0.2, 0.25) is 5.91 Å². The highest BCUT2D eigenvalue weighted by molar-refractivity contribution is 5.78. The van der Waals surface area contributed by atoms with Gasteiger partial charge in [-0.25, -0.2) is 0 Å². The molecule has 0 unspecified atom stereocenters. The van der Waals surface area contributed by atoms with Gasteiger partial charge in [-0.05, 0) is 11.1 Å². The molecule has 0 radical (unpaired) electrons. The number of morpholine rings is 1. The van der Waals surface area contributed by atoms with Crippen LogP contribution in [0.2, 0.25) is 0 Å². The summed E-state index contributed by atoms with van der Waals surface area (Å²) in [5, 5.41) is 9.23. The number of rotatable bonds is 5. The third kappa shape index (κ3) is 4.77. The van der Waals surface area contributed by atoms with E-state index < -0.39 is 0 Å². The van der Waals surface area contributed by atoms with E-state index >= 15 is 0 Å². The molecule has 0 aliphatic carbocycles. The van der Waals surface area contributed by atoms with E-state index in [0.29, 0.717) is 6.54 Å². The van der Waals surface area contributed by atoms with Crippen molar-refractivity contribution in [1.29, 1.82) is 0 Å². The van der Waals surface area contributed by atoms with E-state index in [9.17, 15) is 9.90 Å². The Kier molecular flexibility index (Phi) is 6.20. The predicted octanol–water partition coefficient (Wildman–Crippen LogP) is 0.155. The van der Waals surface area contributed by atoms with Crippen molar-refractivity contribution >= 4 is 5.91 Å². The summed E-state index contributed by atoms with van der Waals surface area (Å²) in [6.07, 6.45) is 0. The monoisotopic (exact) mass is 333 g/mol. The Bertz CT molecular complexity index is 538. The van der Waals surface area contributed by atoms with Crippen LogP contribution in [0.3, 0.4) is 0 Å². The van der Waals surface area contributed by atoms with Gasteiger partial charge in [-0.1, -0.05) is 24.3 Å². The lowest BCUT2D eigenvalue weighted by Gasteiger charge is -2.36. The second-order valence-corrected chi connectivity index (χ2v) is 6.52. The molecule has 2 heterocycles. The van der Waals surface area contributed by atoms with E-state index in [1.807, 2.05) is 17.0 Å². The molecule has 6 heteroatoms. The number of hydrogen-bond acceptors (Lipinski definition) is 5. The molecule has 2 aliphatic rings. The van der Waals surface area contributed by atoms with Gasteiger partial charge < -0.3 is 14.7 Å². The molecule has 0 atom stereocenters. The van der Waals surface area contributed by atoms with Crippen LogP contribution in [0.4, 0.5) is 0 Å². The van der Waals surface area contributed by atoms with Crippen molar-refractivity contribution in [2.75, 3.05) is 59.0 Å². The van der Waals surface area contributed by atoms with Gasteiger partial charge in [-0.2, -0.15) is 0 Å². The molecule has 1 aromatic rings. The van der Waals surface area contributed by atoms with Crippen LogP contribution < -0.4 is 0 Å². The molecule has 6 nitrogen and oxygen atoms in total. The SMILES string of the molecule is O=C(CN1CCOCC1)N1CCN(Cc2cccc(CO)c2)CC1. The van der Waals surface area contributed by atoms with E-state index in [0.717, 1.165) is 64.6 Å². The summed E-state index contributed by atoms with van der Waals surface area (Å²) in [7, 11) is 0. The number of piperazine rings is 1. The number of carbonyl (C=O) groups is 1. The minimum atomic E-state index is 0.0810.